The average Bonchev–Trinajstić information content (AvgIpc) is 2.38. The molecule has 0 aliphatic rings. The number of benzene rings is 2. The number of nitrogens with one attached hydrogen (secondary N) is 1. The summed E-state index contributed by atoms with van der Waals surface area (Å²) in [7, 11) is 0. The Labute approximate surface area is 110 Å². The molecule has 0 aliphatic heterocycles. The maximum Gasteiger partial charge on any atom is 0.146 e. The molecule has 4 heteroatoms. The molecule has 1 atom stereocenters. The van der Waals surface area contributed by atoms with Crippen LogP contribution in [-0.2, 0) is 0 Å². The fourth-order valence-corrected chi connectivity index (χ4v) is 1.77. The molecule has 0 fully saturated rings. The number of rotatable bonds is 4. The van der Waals surface area contributed by atoms with Gasteiger partial charge in [0.25, 0.3) is 0 Å². The van der Waals surface area contributed by atoms with E-state index >= 15 is 0 Å². The summed E-state index contributed by atoms with van der Waals surface area (Å²) < 4.78 is 26.3. The summed E-state index contributed by atoms with van der Waals surface area (Å²) in [6.45, 7) is 1.96. The minimum atomic E-state index is -0.818. The number of aliphatic hydroxyl groups is 1. The van der Waals surface area contributed by atoms with Crippen molar-refractivity contribution in [3.8, 4) is 0 Å². The van der Waals surface area contributed by atoms with E-state index in [1.807, 2.05) is 0 Å². The van der Waals surface area contributed by atoms with E-state index in [0.717, 1.165) is 5.56 Å². The fourth-order valence-electron chi connectivity index (χ4n) is 1.77. The molecule has 0 radical (unpaired) electrons. The van der Waals surface area contributed by atoms with Crippen LogP contribution in [0.3, 0.4) is 0 Å². The van der Waals surface area contributed by atoms with Gasteiger partial charge in [-0.25, -0.2) is 8.78 Å². The van der Waals surface area contributed by atoms with Gasteiger partial charge in [0.2, 0.25) is 0 Å². The zero-order chi connectivity index (χ0) is 13.8. The average molecular weight is 263 g/mol. The van der Waals surface area contributed by atoms with Gasteiger partial charge >= 0.3 is 0 Å². The van der Waals surface area contributed by atoms with E-state index in [1.165, 1.54) is 30.3 Å². The van der Waals surface area contributed by atoms with E-state index in [0.29, 0.717) is 11.3 Å². The molecule has 2 aromatic rings. The number of halogens is 2. The number of hydrogen-bond acceptors (Lipinski definition) is 2. The van der Waals surface area contributed by atoms with E-state index in [2.05, 4.69) is 5.32 Å². The number of hydrogen-bond donors (Lipinski definition) is 2. The Morgan fingerprint density at radius 3 is 2.42 bits per heavy atom. The summed E-state index contributed by atoms with van der Waals surface area (Å²) in [5.41, 5.74) is 1.76. The Hall–Kier alpha value is -1.94. The van der Waals surface area contributed by atoms with Crippen LogP contribution in [0.5, 0.6) is 0 Å². The molecular formula is C15H15F2NO. The third kappa shape index (κ3) is 3.51. The van der Waals surface area contributed by atoms with Gasteiger partial charge in [0.1, 0.15) is 11.6 Å². The molecule has 0 aliphatic carbocycles. The SMILES string of the molecule is Cc1ccc(NCC(O)c2ccc(F)cc2)c(F)c1. The van der Waals surface area contributed by atoms with Crippen LogP contribution in [0.4, 0.5) is 14.5 Å². The van der Waals surface area contributed by atoms with Crippen molar-refractivity contribution in [1.29, 1.82) is 0 Å². The second-order valence-corrected chi connectivity index (χ2v) is 4.43. The van der Waals surface area contributed by atoms with Gasteiger partial charge < -0.3 is 10.4 Å². The quantitative estimate of drug-likeness (QED) is 0.886. The topological polar surface area (TPSA) is 32.3 Å². The van der Waals surface area contributed by atoms with Crippen LogP contribution >= 0.6 is 0 Å². The second kappa shape index (κ2) is 5.80. The Morgan fingerprint density at radius 1 is 1.11 bits per heavy atom. The number of anilines is 1. The highest BCUT2D eigenvalue weighted by Gasteiger charge is 2.09. The Bertz CT molecular complexity index is 555. The van der Waals surface area contributed by atoms with Crippen LogP contribution in [0.1, 0.15) is 17.2 Å². The van der Waals surface area contributed by atoms with Crippen molar-refractivity contribution in [1.82, 2.24) is 0 Å². The summed E-state index contributed by atoms with van der Waals surface area (Å²) in [5, 5.41) is 12.7. The second-order valence-electron chi connectivity index (χ2n) is 4.43. The van der Waals surface area contributed by atoms with Crippen molar-refractivity contribution in [2.75, 3.05) is 11.9 Å². The lowest BCUT2D eigenvalue weighted by atomic mass is 10.1. The fraction of sp³-hybridized carbons (Fsp3) is 0.200. The smallest absolute Gasteiger partial charge is 0.146 e. The number of aliphatic hydroxyl groups excluding tert-OH is 1. The zero-order valence-electron chi connectivity index (χ0n) is 10.5. The minimum absolute atomic E-state index is 0.158. The summed E-state index contributed by atoms with van der Waals surface area (Å²) in [6, 6.07) is 10.4. The summed E-state index contributed by atoms with van der Waals surface area (Å²) >= 11 is 0. The van der Waals surface area contributed by atoms with Crippen LogP contribution in [0.2, 0.25) is 0 Å². The Kier molecular flexibility index (Phi) is 4.12. The first-order chi connectivity index (χ1) is 9.06. The van der Waals surface area contributed by atoms with Crippen molar-refractivity contribution in [3.05, 3.63) is 65.2 Å². The minimum Gasteiger partial charge on any atom is -0.387 e. The summed E-state index contributed by atoms with van der Waals surface area (Å²) in [4.78, 5) is 0. The van der Waals surface area contributed by atoms with E-state index in [9.17, 15) is 13.9 Å². The zero-order valence-corrected chi connectivity index (χ0v) is 10.5. The van der Waals surface area contributed by atoms with Gasteiger partial charge in [-0.15, -0.1) is 0 Å². The summed E-state index contributed by atoms with van der Waals surface area (Å²) in [6.07, 6.45) is -0.818. The van der Waals surface area contributed by atoms with Crippen molar-refractivity contribution < 1.29 is 13.9 Å². The van der Waals surface area contributed by atoms with Gasteiger partial charge in [0.15, 0.2) is 0 Å². The van der Waals surface area contributed by atoms with Gasteiger partial charge in [-0.3, -0.25) is 0 Å². The first-order valence-corrected chi connectivity index (χ1v) is 6.00. The van der Waals surface area contributed by atoms with Gasteiger partial charge in [0.05, 0.1) is 11.8 Å². The lowest BCUT2D eigenvalue weighted by Crippen LogP contribution is -2.13. The lowest BCUT2D eigenvalue weighted by molar-refractivity contribution is 0.191. The molecule has 0 heterocycles. The van der Waals surface area contributed by atoms with Gasteiger partial charge in [-0.05, 0) is 42.3 Å². The third-order valence-corrected chi connectivity index (χ3v) is 2.87. The molecule has 0 aromatic heterocycles. The van der Waals surface area contributed by atoms with Gasteiger partial charge in [-0.1, -0.05) is 18.2 Å². The lowest BCUT2D eigenvalue weighted by Gasteiger charge is -2.14. The third-order valence-electron chi connectivity index (χ3n) is 2.87. The molecule has 0 spiro atoms. The molecule has 1 unspecified atom stereocenters. The van der Waals surface area contributed by atoms with E-state index in [1.54, 1.807) is 19.1 Å². The standard InChI is InChI=1S/C15H15F2NO/c1-10-2-7-14(13(17)8-10)18-9-15(19)11-3-5-12(16)6-4-11/h2-8,15,18-19H,9H2,1H3. The molecular weight excluding hydrogens is 248 g/mol. The highest BCUT2D eigenvalue weighted by Crippen LogP contribution is 2.18. The first kappa shape index (κ1) is 13.5. The summed E-state index contributed by atoms with van der Waals surface area (Å²) in [5.74, 6) is -0.709. The largest absolute Gasteiger partial charge is 0.387 e. The predicted octanol–water partition coefficient (Wildman–Crippen LogP) is 3.42. The van der Waals surface area contributed by atoms with Crippen molar-refractivity contribution >= 4 is 5.69 Å². The van der Waals surface area contributed by atoms with Crippen LogP contribution in [-0.4, -0.2) is 11.7 Å². The normalized spacial score (nSPS) is 12.2. The maximum absolute atomic E-state index is 13.6. The van der Waals surface area contributed by atoms with Crippen molar-refractivity contribution in [2.45, 2.75) is 13.0 Å². The molecule has 19 heavy (non-hydrogen) atoms. The van der Waals surface area contributed by atoms with Crippen molar-refractivity contribution in [3.63, 3.8) is 0 Å². The molecule has 2 aromatic carbocycles. The molecule has 0 saturated carbocycles. The highest BCUT2D eigenvalue weighted by molar-refractivity contribution is 5.46. The highest BCUT2D eigenvalue weighted by atomic mass is 19.1. The van der Waals surface area contributed by atoms with E-state index < -0.39 is 6.10 Å². The van der Waals surface area contributed by atoms with Crippen LogP contribution in [0.15, 0.2) is 42.5 Å². The molecule has 0 amide bonds. The molecule has 2 rings (SSSR count). The monoisotopic (exact) mass is 263 g/mol. The van der Waals surface area contributed by atoms with Crippen LogP contribution in [0.25, 0.3) is 0 Å². The molecule has 100 valence electrons. The predicted molar refractivity (Wildman–Crippen MR) is 71.0 cm³/mol. The molecule has 0 saturated heterocycles. The Morgan fingerprint density at radius 2 is 1.79 bits per heavy atom. The van der Waals surface area contributed by atoms with Crippen LogP contribution < -0.4 is 5.32 Å². The van der Waals surface area contributed by atoms with Gasteiger partial charge in [0, 0.05) is 6.54 Å². The maximum atomic E-state index is 13.6. The Balaban J connectivity index is 2.00. The van der Waals surface area contributed by atoms with Crippen LogP contribution in [0, 0.1) is 18.6 Å². The first-order valence-electron chi connectivity index (χ1n) is 6.00. The van der Waals surface area contributed by atoms with E-state index in [-0.39, 0.29) is 18.2 Å². The molecule has 2 N–H and O–H groups in total. The van der Waals surface area contributed by atoms with E-state index in [4.69, 9.17) is 0 Å². The van der Waals surface area contributed by atoms with Crippen molar-refractivity contribution in [2.24, 2.45) is 0 Å². The molecule has 2 nitrogen and oxygen atoms in total. The number of aryl methyl sites for hydroxylation is 1. The van der Waals surface area contributed by atoms with Gasteiger partial charge in [-0.2, -0.15) is 0 Å². The molecule has 0 bridgehead atoms.